The van der Waals surface area contributed by atoms with E-state index in [-0.39, 0.29) is 0 Å². The summed E-state index contributed by atoms with van der Waals surface area (Å²) in [5.41, 5.74) is 3.19. The summed E-state index contributed by atoms with van der Waals surface area (Å²) in [5, 5.41) is 0. The van der Waals surface area contributed by atoms with Crippen LogP contribution in [0, 0.1) is 17.8 Å². The lowest BCUT2D eigenvalue weighted by molar-refractivity contribution is 0.0987. The van der Waals surface area contributed by atoms with Gasteiger partial charge in [-0.2, -0.15) is 0 Å². The smallest absolute Gasteiger partial charge is 0.0406 e. The van der Waals surface area contributed by atoms with Gasteiger partial charge in [0.15, 0.2) is 0 Å². The van der Waals surface area contributed by atoms with Crippen molar-refractivity contribution in [2.24, 2.45) is 23.6 Å². The first kappa shape index (κ1) is 16.2. The van der Waals surface area contributed by atoms with Crippen LogP contribution >= 0.6 is 0 Å². The molecule has 5 atom stereocenters. The van der Waals surface area contributed by atoms with Gasteiger partial charge in [0.05, 0.1) is 0 Å². The highest BCUT2D eigenvalue weighted by atomic mass is 15.3. The third kappa shape index (κ3) is 3.73. The highest BCUT2D eigenvalue weighted by Crippen LogP contribution is 2.36. The fourth-order valence-electron chi connectivity index (χ4n) is 4.17. The molecule has 3 N–H and O–H groups in total. The molecule has 1 aliphatic carbocycles. The molecule has 2 fully saturated rings. The van der Waals surface area contributed by atoms with Crippen LogP contribution in [0.4, 0.5) is 0 Å². The molecule has 1 aliphatic heterocycles. The SMILES string of the molecule is CC1CCC(C(NN)C2CN(C)CCCN2C)CC1C. The van der Waals surface area contributed by atoms with Gasteiger partial charge in [0.2, 0.25) is 0 Å². The molecule has 1 saturated carbocycles. The summed E-state index contributed by atoms with van der Waals surface area (Å²) < 4.78 is 0. The first-order chi connectivity index (χ1) is 9.52. The van der Waals surface area contributed by atoms with Gasteiger partial charge >= 0.3 is 0 Å². The minimum absolute atomic E-state index is 0.426. The van der Waals surface area contributed by atoms with Gasteiger partial charge in [-0.1, -0.05) is 20.3 Å². The van der Waals surface area contributed by atoms with Crippen molar-refractivity contribution in [2.45, 2.75) is 51.6 Å². The number of hydrogen-bond acceptors (Lipinski definition) is 4. The zero-order valence-electron chi connectivity index (χ0n) is 13.8. The van der Waals surface area contributed by atoms with Crippen molar-refractivity contribution in [2.75, 3.05) is 33.7 Å². The lowest BCUT2D eigenvalue weighted by Crippen LogP contribution is -2.58. The Kier molecular flexibility index (Phi) is 5.84. The third-order valence-electron chi connectivity index (χ3n) is 5.87. The van der Waals surface area contributed by atoms with Crippen LogP contribution in [0.25, 0.3) is 0 Å². The lowest BCUT2D eigenvalue weighted by atomic mass is 9.72. The van der Waals surface area contributed by atoms with Crippen LogP contribution in [-0.4, -0.2) is 55.6 Å². The Balaban J connectivity index is 2.05. The molecule has 0 spiro atoms. The predicted octanol–water partition coefficient (Wildman–Crippen LogP) is 1.53. The predicted molar refractivity (Wildman–Crippen MR) is 85.3 cm³/mol. The number of likely N-dealkylation sites (N-methyl/N-ethyl adjacent to an activating group) is 2. The van der Waals surface area contributed by atoms with Crippen LogP contribution in [0.5, 0.6) is 0 Å². The normalized spacial score (nSPS) is 39.5. The minimum atomic E-state index is 0.426. The third-order valence-corrected chi connectivity index (χ3v) is 5.87. The van der Waals surface area contributed by atoms with Crippen molar-refractivity contribution in [3.8, 4) is 0 Å². The van der Waals surface area contributed by atoms with E-state index in [9.17, 15) is 0 Å². The van der Waals surface area contributed by atoms with E-state index in [1.54, 1.807) is 0 Å². The molecule has 0 amide bonds. The van der Waals surface area contributed by atoms with E-state index in [0.29, 0.717) is 12.1 Å². The maximum Gasteiger partial charge on any atom is 0.0406 e. The molecule has 0 bridgehead atoms. The Hall–Kier alpha value is -0.160. The molecule has 0 aromatic carbocycles. The molecule has 0 radical (unpaired) electrons. The van der Waals surface area contributed by atoms with Crippen molar-refractivity contribution in [1.82, 2.24) is 15.2 Å². The molecule has 20 heavy (non-hydrogen) atoms. The number of nitrogens with zero attached hydrogens (tertiary/aromatic N) is 2. The van der Waals surface area contributed by atoms with Gasteiger partial charge in [-0.05, 0) is 64.2 Å². The molecule has 0 aromatic heterocycles. The topological polar surface area (TPSA) is 44.5 Å². The molecule has 4 nitrogen and oxygen atoms in total. The fourth-order valence-corrected chi connectivity index (χ4v) is 4.17. The van der Waals surface area contributed by atoms with Crippen LogP contribution in [0.2, 0.25) is 0 Å². The molecule has 1 saturated heterocycles. The summed E-state index contributed by atoms with van der Waals surface area (Å²) in [4.78, 5) is 4.99. The van der Waals surface area contributed by atoms with Gasteiger partial charge in [-0.15, -0.1) is 0 Å². The number of hydrazine groups is 1. The van der Waals surface area contributed by atoms with Gasteiger partial charge < -0.3 is 9.80 Å². The molecular weight excluding hydrogens is 248 g/mol. The molecule has 1 heterocycles. The first-order valence-corrected chi connectivity index (χ1v) is 8.37. The Labute approximate surface area is 125 Å². The van der Waals surface area contributed by atoms with E-state index in [1.807, 2.05) is 0 Å². The summed E-state index contributed by atoms with van der Waals surface area (Å²) >= 11 is 0. The zero-order chi connectivity index (χ0) is 14.7. The Morgan fingerprint density at radius 2 is 1.85 bits per heavy atom. The second kappa shape index (κ2) is 7.21. The van der Waals surface area contributed by atoms with Crippen molar-refractivity contribution in [3.63, 3.8) is 0 Å². The van der Waals surface area contributed by atoms with Crippen LogP contribution in [0.1, 0.15) is 39.5 Å². The molecule has 4 heteroatoms. The average Bonchev–Trinajstić information content (AvgIpc) is 2.57. The van der Waals surface area contributed by atoms with Crippen molar-refractivity contribution >= 4 is 0 Å². The van der Waals surface area contributed by atoms with Crippen molar-refractivity contribution < 1.29 is 0 Å². The summed E-state index contributed by atoms with van der Waals surface area (Å²) in [5.74, 6) is 8.41. The van der Waals surface area contributed by atoms with Gasteiger partial charge in [0, 0.05) is 18.6 Å². The van der Waals surface area contributed by atoms with Crippen molar-refractivity contribution in [1.29, 1.82) is 0 Å². The number of rotatable bonds is 3. The second-order valence-corrected chi connectivity index (χ2v) is 7.38. The minimum Gasteiger partial charge on any atom is -0.305 e. The molecule has 2 rings (SSSR count). The highest BCUT2D eigenvalue weighted by molar-refractivity contribution is 4.93. The maximum atomic E-state index is 5.98. The monoisotopic (exact) mass is 282 g/mol. The van der Waals surface area contributed by atoms with Gasteiger partial charge in [0.1, 0.15) is 0 Å². The maximum absolute atomic E-state index is 5.98. The zero-order valence-corrected chi connectivity index (χ0v) is 13.8. The second-order valence-electron chi connectivity index (χ2n) is 7.38. The van der Waals surface area contributed by atoms with Crippen LogP contribution in [0.3, 0.4) is 0 Å². The summed E-state index contributed by atoms with van der Waals surface area (Å²) in [6.45, 7) is 8.33. The standard InChI is InChI=1S/C16H34N4/c1-12-6-7-14(10-13(12)2)16(18-17)15-11-19(3)8-5-9-20(15)4/h12-16,18H,5-11,17H2,1-4H3. The Bertz CT molecular complexity index is 296. The van der Waals surface area contributed by atoms with Crippen LogP contribution in [0.15, 0.2) is 0 Å². The van der Waals surface area contributed by atoms with Gasteiger partial charge in [-0.25, -0.2) is 0 Å². The van der Waals surface area contributed by atoms with E-state index in [2.05, 4.69) is 43.2 Å². The van der Waals surface area contributed by atoms with Crippen LogP contribution in [-0.2, 0) is 0 Å². The lowest BCUT2D eigenvalue weighted by Gasteiger charge is -2.42. The highest BCUT2D eigenvalue weighted by Gasteiger charge is 2.36. The van der Waals surface area contributed by atoms with Gasteiger partial charge in [-0.3, -0.25) is 11.3 Å². The van der Waals surface area contributed by atoms with E-state index in [0.717, 1.165) is 24.3 Å². The van der Waals surface area contributed by atoms with Crippen LogP contribution < -0.4 is 11.3 Å². The fraction of sp³-hybridized carbons (Fsp3) is 1.00. The van der Waals surface area contributed by atoms with E-state index < -0.39 is 0 Å². The summed E-state index contributed by atoms with van der Waals surface area (Å²) in [6.07, 6.45) is 5.27. The molecule has 2 aliphatic rings. The van der Waals surface area contributed by atoms with E-state index in [1.165, 1.54) is 38.8 Å². The largest absolute Gasteiger partial charge is 0.305 e. The first-order valence-electron chi connectivity index (χ1n) is 8.37. The molecule has 118 valence electrons. The number of nitrogens with one attached hydrogen (secondary N) is 1. The quantitative estimate of drug-likeness (QED) is 0.609. The number of hydrogen-bond donors (Lipinski definition) is 2. The van der Waals surface area contributed by atoms with E-state index in [4.69, 9.17) is 5.84 Å². The molecule has 0 aromatic rings. The Morgan fingerprint density at radius 3 is 2.50 bits per heavy atom. The number of nitrogens with two attached hydrogens (primary N) is 1. The molecule has 5 unspecified atom stereocenters. The summed E-state index contributed by atoms with van der Waals surface area (Å²) in [7, 11) is 4.51. The average molecular weight is 282 g/mol. The Morgan fingerprint density at radius 1 is 1.10 bits per heavy atom. The van der Waals surface area contributed by atoms with Crippen molar-refractivity contribution in [3.05, 3.63) is 0 Å². The van der Waals surface area contributed by atoms with E-state index >= 15 is 0 Å². The van der Waals surface area contributed by atoms with Gasteiger partial charge in [0.25, 0.3) is 0 Å². The molecular formula is C16H34N4. The summed E-state index contributed by atoms with van der Waals surface area (Å²) in [6, 6.07) is 0.966.